The Hall–Kier alpha value is -1.38. The molecule has 1 aromatic carbocycles. The summed E-state index contributed by atoms with van der Waals surface area (Å²) < 4.78 is 0. The highest BCUT2D eigenvalue weighted by Gasteiger charge is 2.13. The first-order chi connectivity index (χ1) is 8.10. The Morgan fingerprint density at radius 1 is 1.18 bits per heavy atom. The van der Waals surface area contributed by atoms with Crippen LogP contribution in [0.15, 0.2) is 18.2 Å². The second-order valence-corrected chi connectivity index (χ2v) is 4.62. The lowest BCUT2D eigenvalue weighted by atomic mass is 10.1. The van der Waals surface area contributed by atoms with E-state index in [1.54, 1.807) is 0 Å². The smallest absolute Gasteiger partial charge is 0.0568 e. The SMILES string of the molecule is CCCCN(c1ccc(N)c(N)c1)C(C)CC. The summed E-state index contributed by atoms with van der Waals surface area (Å²) in [6.45, 7) is 7.76. The van der Waals surface area contributed by atoms with Crippen LogP contribution in [0.2, 0.25) is 0 Å². The molecule has 1 aromatic rings. The molecule has 0 fully saturated rings. The maximum Gasteiger partial charge on any atom is 0.0568 e. The van der Waals surface area contributed by atoms with Crippen LogP contribution in [0, 0.1) is 0 Å². The van der Waals surface area contributed by atoms with Crippen molar-refractivity contribution in [2.24, 2.45) is 0 Å². The first-order valence-electron chi connectivity index (χ1n) is 6.51. The van der Waals surface area contributed by atoms with E-state index in [1.165, 1.54) is 18.5 Å². The quantitative estimate of drug-likeness (QED) is 0.744. The number of hydrogen-bond donors (Lipinski definition) is 2. The Balaban J connectivity index is 2.91. The van der Waals surface area contributed by atoms with Gasteiger partial charge in [-0.15, -0.1) is 0 Å². The van der Waals surface area contributed by atoms with Crippen LogP contribution in [-0.4, -0.2) is 12.6 Å². The van der Waals surface area contributed by atoms with Crippen LogP contribution >= 0.6 is 0 Å². The van der Waals surface area contributed by atoms with Gasteiger partial charge in [0.05, 0.1) is 11.4 Å². The van der Waals surface area contributed by atoms with E-state index < -0.39 is 0 Å². The molecule has 0 radical (unpaired) electrons. The fourth-order valence-corrected chi connectivity index (χ4v) is 1.89. The van der Waals surface area contributed by atoms with Crippen LogP contribution in [0.25, 0.3) is 0 Å². The number of rotatable bonds is 6. The molecule has 4 N–H and O–H groups in total. The molecule has 96 valence electrons. The fraction of sp³-hybridized carbons (Fsp3) is 0.571. The zero-order valence-corrected chi connectivity index (χ0v) is 11.2. The van der Waals surface area contributed by atoms with E-state index in [-0.39, 0.29) is 0 Å². The number of nitrogens with zero attached hydrogens (tertiary/aromatic N) is 1. The van der Waals surface area contributed by atoms with Crippen molar-refractivity contribution in [3.63, 3.8) is 0 Å². The van der Waals surface area contributed by atoms with E-state index in [0.29, 0.717) is 17.4 Å². The van der Waals surface area contributed by atoms with Crippen molar-refractivity contribution in [1.82, 2.24) is 0 Å². The van der Waals surface area contributed by atoms with Crippen LogP contribution in [0.3, 0.4) is 0 Å². The Bertz CT molecular complexity index is 349. The van der Waals surface area contributed by atoms with Gasteiger partial charge in [0.1, 0.15) is 0 Å². The first kappa shape index (κ1) is 13.7. The van der Waals surface area contributed by atoms with Gasteiger partial charge in [-0.05, 0) is 38.0 Å². The molecule has 17 heavy (non-hydrogen) atoms. The Labute approximate surface area is 105 Å². The molecule has 0 amide bonds. The summed E-state index contributed by atoms with van der Waals surface area (Å²) in [5, 5.41) is 0. The van der Waals surface area contributed by atoms with Gasteiger partial charge < -0.3 is 16.4 Å². The summed E-state index contributed by atoms with van der Waals surface area (Å²) in [5.41, 5.74) is 14.1. The molecule has 1 unspecified atom stereocenters. The summed E-state index contributed by atoms with van der Waals surface area (Å²) in [5.74, 6) is 0. The van der Waals surface area contributed by atoms with Crippen LogP contribution in [0.4, 0.5) is 17.1 Å². The minimum Gasteiger partial charge on any atom is -0.397 e. The minimum absolute atomic E-state index is 0.532. The van der Waals surface area contributed by atoms with E-state index in [2.05, 4.69) is 31.7 Å². The standard InChI is InChI=1S/C14H25N3/c1-4-6-9-17(11(3)5-2)12-7-8-13(15)14(16)10-12/h7-8,10-11H,4-6,9,15-16H2,1-3H3. The third kappa shape index (κ3) is 3.55. The molecule has 0 heterocycles. The van der Waals surface area contributed by atoms with Crippen molar-refractivity contribution in [3.8, 4) is 0 Å². The average Bonchev–Trinajstić information content (AvgIpc) is 2.33. The molecular formula is C14H25N3. The van der Waals surface area contributed by atoms with Crippen LogP contribution in [-0.2, 0) is 0 Å². The second-order valence-electron chi connectivity index (χ2n) is 4.62. The lowest BCUT2D eigenvalue weighted by molar-refractivity contribution is 0.596. The summed E-state index contributed by atoms with van der Waals surface area (Å²) in [6.07, 6.45) is 3.54. The van der Waals surface area contributed by atoms with Crippen molar-refractivity contribution in [2.45, 2.75) is 46.1 Å². The number of hydrogen-bond acceptors (Lipinski definition) is 3. The molecule has 1 atom stereocenters. The minimum atomic E-state index is 0.532. The van der Waals surface area contributed by atoms with Crippen molar-refractivity contribution in [3.05, 3.63) is 18.2 Å². The average molecular weight is 235 g/mol. The lowest BCUT2D eigenvalue weighted by Gasteiger charge is -2.31. The summed E-state index contributed by atoms with van der Waals surface area (Å²) in [4.78, 5) is 2.42. The zero-order valence-electron chi connectivity index (χ0n) is 11.2. The van der Waals surface area contributed by atoms with Gasteiger partial charge in [-0.1, -0.05) is 20.3 Å². The Morgan fingerprint density at radius 2 is 1.88 bits per heavy atom. The second kappa shape index (κ2) is 6.38. The topological polar surface area (TPSA) is 55.3 Å². The highest BCUT2D eigenvalue weighted by Crippen LogP contribution is 2.25. The van der Waals surface area contributed by atoms with E-state index in [1.807, 2.05) is 12.1 Å². The molecule has 0 spiro atoms. The molecule has 1 rings (SSSR count). The van der Waals surface area contributed by atoms with Gasteiger partial charge in [0.25, 0.3) is 0 Å². The Kier molecular flexibility index (Phi) is 5.13. The monoisotopic (exact) mass is 235 g/mol. The number of unbranched alkanes of at least 4 members (excludes halogenated alkanes) is 1. The molecule has 3 heteroatoms. The molecule has 0 aliphatic rings. The maximum absolute atomic E-state index is 5.88. The Morgan fingerprint density at radius 3 is 2.41 bits per heavy atom. The number of anilines is 3. The van der Waals surface area contributed by atoms with E-state index in [9.17, 15) is 0 Å². The molecular weight excluding hydrogens is 210 g/mol. The summed E-state index contributed by atoms with van der Waals surface area (Å²) in [7, 11) is 0. The van der Waals surface area contributed by atoms with Gasteiger partial charge in [0, 0.05) is 18.3 Å². The lowest BCUT2D eigenvalue weighted by Crippen LogP contribution is -2.33. The van der Waals surface area contributed by atoms with Gasteiger partial charge in [0.15, 0.2) is 0 Å². The largest absolute Gasteiger partial charge is 0.397 e. The van der Waals surface area contributed by atoms with Gasteiger partial charge in [-0.2, -0.15) is 0 Å². The molecule has 0 aliphatic carbocycles. The van der Waals surface area contributed by atoms with Crippen molar-refractivity contribution in [1.29, 1.82) is 0 Å². The number of nitrogen functional groups attached to an aromatic ring is 2. The number of benzene rings is 1. The maximum atomic E-state index is 5.88. The van der Waals surface area contributed by atoms with E-state index in [0.717, 1.165) is 13.0 Å². The zero-order chi connectivity index (χ0) is 12.8. The molecule has 0 bridgehead atoms. The van der Waals surface area contributed by atoms with Gasteiger partial charge in [0.2, 0.25) is 0 Å². The summed E-state index contributed by atoms with van der Waals surface area (Å²) >= 11 is 0. The highest BCUT2D eigenvalue weighted by atomic mass is 15.2. The molecule has 0 saturated heterocycles. The summed E-state index contributed by atoms with van der Waals surface area (Å²) in [6, 6.07) is 6.47. The highest BCUT2D eigenvalue weighted by molar-refractivity contribution is 5.70. The van der Waals surface area contributed by atoms with Crippen LogP contribution in [0.5, 0.6) is 0 Å². The number of nitrogens with two attached hydrogens (primary N) is 2. The molecule has 3 nitrogen and oxygen atoms in total. The van der Waals surface area contributed by atoms with Crippen molar-refractivity contribution in [2.75, 3.05) is 22.9 Å². The first-order valence-corrected chi connectivity index (χ1v) is 6.51. The predicted octanol–water partition coefficient (Wildman–Crippen LogP) is 3.26. The van der Waals surface area contributed by atoms with Gasteiger partial charge in [-0.25, -0.2) is 0 Å². The van der Waals surface area contributed by atoms with Gasteiger partial charge in [-0.3, -0.25) is 0 Å². The van der Waals surface area contributed by atoms with Crippen LogP contribution in [0.1, 0.15) is 40.0 Å². The van der Waals surface area contributed by atoms with Gasteiger partial charge >= 0.3 is 0 Å². The van der Waals surface area contributed by atoms with E-state index in [4.69, 9.17) is 11.5 Å². The fourth-order valence-electron chi connectivity index (χ4n) is 1.89. The molecule has 0 saturated carbocycles. The van der Waals surface area contributed by atoms with E-state index >= 15 is 0 Å². The van der Waals surface area contributed by atoms with Crippen molar-refractivity contribution >= 4 is 17.1 Å². The third-order valence-corrected chi connectivity index (χ3v) is 3.28. The van der Waals surface area contributed by atoms with Crippen molar-refractivity contribution < 1.29 is 0 Å². The normalized spacial score (nSPS) is 12.4. The molecule has 0 aliphatic heterocycles. The third-order valence-electron chi connectivity index (χ3n) is 3.28. The predicted molar refractivity (Wildman–Crippen MR) is 77.3 cm³/mol. The van der Waals surface area contributed by atoms with Crippen LogP contribution < -0.4 is 16.4 Å². The molecule has 0 aromatic heterocycles.